The first-order valence-electron chi connectivity index (χ1n) is 8.92. The van der Waals surface area contributed by atoms with Crippen LogP contribution in [0.5, 0.6) is 0 Å². The molecule has 0 atom stereocenters. The summed E-state index contributed by atoms with van der Waals surface area (Å²) in [4.78, 5) is 20.3. The number of nitrogens with zero attached hydrogens (tertiary/aromatic N) is 6. The van der Waals surface area contributed by atoms with E-state index in [1.165, 1.54) is 0 Å². The number of guanidine groups is 1. The molecule has 0 radical (unpaired) electrons. The van der Waals surface area contributed by atoms with E-state index in [0.29, 0.717) is 6.54 Å². The number of amides is 1. The summed E-state index contributed by atoms with van der Waals surface area (Å²) in [7, 11) is 0. The molecule has 0 saturated carbocycles. The molecule has 26 heavy (non-hydrogen) atoms. The lowest BCUT2D eigenvalue weighted by molar-refractivity contribution is -0.130. The minimum Gasteiger partial charge on any atom is -0.357 e. The third kappa shape index (κ3) is 4.19. The second-order valence-electron chi connectivity index (χ2n) is 6.12. The fourth-order valence-corrected chi connectivity index (χ4v) is 2.98. The Labute approximate surface area is 153 Å². The number of rotatable bonds is 4. The van der Waals surface area contributed by atoms with Crippen molar-refractivity contribution < 1.29 is 4.79 Å². The van der Waals surface area contributed by atoms with Crippen molar-refractivity contribution in [1.82, 2.24) is 29.9 Å². The van der Waals surface area contributed by atoms with Gasteiger partial charge in [-0.1, -0.05) is 18.2 Å². The van der Waals surface area contributed by atoms with Gasteiger partial charge in [-0.3, -0.25) is 9.36 Å². The molecule has 0 bridgehead atoms. The summed E-state index contributed by atoms with van der Waals surface area (Å²) in [6.07, 6.45) is 1.71. The number of carbonyl (C=O) groups is 1. The predicted octanol–water partition coefficient (Wildman–Crippen LogP) is 0.897. The Morgan fingerprint density at radius 2 is 1.85 bits per heavy atom. The summed E-state index contributed by atoms with van der Waals surface area (Å²) in [5, 5.41) is 11.6. The van der Waals surface area contributed by atoms with Gasteiger partial charge in [0.05, 0.1) is 0 Å². The molecule has 2 heterocycles. The monoisotopic (exact) mass is 355 g/mol. The van der Waals surface area contributed by atoms with E-state index in [4.69, 9.17) is 4.99 Å². The highest BCUT2D eigenvalue weighted by atomic mass is 16.2. The zero-order valence-corrected chi connectivity index (χ0v) is 15.3. The number of hydrogen-bond acceptors (Lipinski definition) is 4. The predicted molar refractivity (Wildman–Crippen MR) is 100 cm³/mol. The molecule has 1 aromatic carbocycles. The van der Waals surface area contributed by atoms with Crippen LogP contribution in [0.3, 0.4) is 0 Å². The van der Waals surface area contributed by atoms with Crippen LogP contribution in [0.2, 0.25) is 0 Å². The maximum atomic E-state index is 11.5. The van der Waals surface area contributed by atoms with Gasteiger partial charge < -0.3 is 15.1 Å². The van der Waals surface area contributed by atoms with Crippen LogP contribution >= 0.6 is 0 Å². The number of benzene rings is 1. The lowest BCUT2D eigenvalue weighted by atomic mass is 10.3. The minimum atomic E-state index is 0.127. The first-order chi connectivity index (χ1) is 12.7. The van der Waals surface area contributed by atoms with Crippen molar-refractivity contribution in [2.75, 3.05) is 32.7 Å². The van der Waals surface area contributed by atoms with Crippen molar-refractivity contribution in [1.29, 1.82) is 0 Å². The fourth-order valence-electron chi connectivity index (χ4n) is 2.98. The second-order valence-corrected chi connectivity index (χ2v) is 6.12. The SMILES string of the molecule is CCNC(=NCc1nncn1-c1ccccc1)N1CCN(C(C)=O)CC1. The molecule has 1 amide bonds. The van der Waals surface area contributed by atoms with Crippen LogP contribution in [-0.2, 0) is 11.3 Å². The Balaban J connectivity index is 1.71. The molecular weight excluding hydrogens is 330 g/mol. The van der Waals surface area contributed by atoms with E-state index in [0.717, 1.165) is 50.2 Å². The van der Waals surface area contributed by atoms with Crippen LogP contribution in [0.15, 0.2) is 41.7 Å². The van der Waals surface area contributed by atoms with E-state index in [9.17, 15) is 4.79 Å². The highest BCUT2D eigenvalue weighted by molar-refractivity contribution is 5.80. The summed E-state index contributed by atoms with van der Waals surface area (Å²) in [6.45, 7) is 7.88. The Kier molecular flexibility index (Phi) is 5.83. The summed E-state index contributed by atoms with van der Waals surface area (Å²) in [5.74, 6) is 1.76. The number of aromatic nitrogens is 3. The smallest absolute Gasteiger partial charge is 0.219 e. The third-order valence-electron chi connectivity index (χ3n) is 4.38. The molecule has 2 aromatic rings. The number of piperazine rings is 1. The van der Waals surface area contributed by atoms with Crippen molar-refractivity contribution in [3.8, 4) is 5.69 Å². The van der Waals surface area contributed by atoms with Gasteiger partial charge in [-0.2, -0.15) is 0 Å². The number of aliphatic imine (C=N–C) groups is 1. The second kappa shape index (κ2) is 8.46. The van der Waals surface area contributed by atoms with Crippen LogP contribution in [0, 0.1) is 0 Å². The average molecular weight is 355 g/mol. The van der Waals surface area contributed by atoms with Gasteiger partial charge in [-0.15, -0.1) is 10.2 Å². The molecule has 0 unspecified atom stereocenters. The van der Waals surface area contributed by atoms with E-state index in [1.54, 1.807) is 13.3 Å². The van der Waals surface area contributed by atoms with Crippen LogP contribution in [0.4, 0.5) is 0 Å². The van der Waals surface area contributed by atoms with Crippen LogP contribution in [0.1, 0.15) is 19.7 Å². The lowest BCUT2D eigenvalue weighted by Gasteiger charge is -2.36. The van der Waals surface area contributed by atoms with Crippen molar-refractivity contribution in [3.05, 3.63) is 42.5 Å². The van der Waals surface area contributed by atoms with Crippen molar-refractivity contribution >= 4 is 11.9 Å². The molecule has 1 fully saturated rings. The van der Waals surface area contributed by atoms with E-state index < -0.39 is 0 Å². The Morgan fingerprint density at radius 3 is 2.50 bits per heavy atom. The summed E-state index contributed by atoms with van der Waals surface area (Å²) < 4.78 is 1.95. The largest absolute Gasteiger partial charge is 0.357 e. The summed E-state index contributed by atoms with van der Waals surface area (Å²) in [6, 6.07) is 9.99. The van der Waals surface area contributed by atoms with E-state index in [1.807, 2.05) is 46.7 Å². The lowest BCUT2D eigenvalue weighted by Crippen LogP contribution is -2.53. The van der Waals surface area contributed by atoms with Crippen molar-refractivity contribution in [2.45, 2.75) is 20.4 Å². The third-order valence-corrected chi connectivity index (χ3v) is 4.38. The summed E-state index contributed by atoms with van der Waals surface area (Å²) >= 11 is 0. The highest BCUT2D eigenvalue weighted by Gasteiger charge is 2.21. The quantitative estimate of drug-likeness (QED) is 0.651. The topological polar surface area (TPSA) is 78.7 Å². The molecule has 1 aliphatic heterocycles. The van der Waals surface area contributed by atoms with Gasteiger partial charge in [0.1, 0.15) is 12.9 Å². The summed E-state index contributed by atoms with van der Waals surface area (Å²) in [5.41, 5.74) is 1.02. The molecule has 0 aliphatic carbocycles. The van der Waals surface area contributed by atoms with Gasteiger partial charge in [0.15, 0.2) is 11.8 Å². The zero-order chi connectivity index (χ0) is 18.4. The van der Waals surface area contributed by atoms with Gasteiger partial charge in [0, 0.05) is 45.3 Å². The molecule has 1 aliphatic rings. The average Bonchev–Trinajstić information content (AvgIpc) is 3.14. The Morgan fingerprint density at radius 1 is 1.15 bits per heavy atom. The molecule has 138 valence electrons. The number of carbonyl (C=O) groups excluding carboxylic acids is 1. The van der Waals surface area contributed by atoms with Crippen molar-refractivity contribution in [2.24, 2.45) is 4.99 Å². The maximum absolute atomic E-state index is 11.5. The fraction of sp³-hybridized carbons (Fsp3) is 0.444. The standard InChI is InChI=1S/C18H25N7O/c1-3-19-18(24-11-9-23(10-12-24)15(2)26)20-13-17-22-21-14-25(17)16-7-5-4-6-8-16/h4-8,14H,3,9-13H2,1-2H3,(H,19,20). The van der Waals surface area contributed by atoms with Crippen molar-refractivity contribution in [3.63, 3.8) is 0 Å². The molecule has 1 saturated heterocycles. The number of para-hydroxylation sites is 1. The minimum absolute atomic E-state index is 0.127. The molecular formula is C18H25N7O. The Bertz CT molecular complexity index is 748. The van der Waals surface area contributed by atoms with Gasteiger partial charge in [-0.05, 0) is 19.1 Å². The highest BCUT2D eigenvalue weighted by Crippen LogP contribution is 2.10. The van der Waals surface area contributed by atoms with E-state index in [-0.39, 0.29) is 5.91 Å². The molecule has 1 aromatic heterocycles. The van der Waals surface area contributed by atoms with Crippen LogP contribution < -0.4 is 5.32 Å². The number of hydrogen-bond donors (Lipinski definition) is 1. The van der Waals surface area contributed by atoms with Gasteiger partial charge in [-0.25, -0.2) is 4.99 Å². The van der Waals surface area contributed by atoms with Gasteiger partial charge in [0.25, 0.3) is 0 Å². The molecule has 8 heteroatoms. The Hall–Kier alpha value is -2.90. The normalized spacial score (nSPS) is 15.2. The van der Waals surface area contributed by atoms with E-state index in [2.05, 4.69) is 20.4 Å². The van der Waals surface area contributed by atoms with E-state index >= 15 is 0 Å². The molecule has 1 N–H and O–H groups in total. The first kappa shape index (κ1) is 17.9. The van der Waals surface area contributed by atoms with Gasteiger partial charge in [0.2, 0.25) is 5.91 Å². The zero-order valence-electron chi connectivity index (χ0n) is 15.3. The molecule has 8 nitrogen and oxygen atoms in total. The number of nitrogens with one attached hydrogen (secondary N) is 1. The molecule has 0 spiro atoms. The maximum Gasteiger partial charge on any atom is 0.219 e. The van der Waals surface area contributed by atoms with Crippen LogP contribution in [-0.4, -0.2) is 69.2 Å². The molecule has 3 rings (SSSR count). The van der Waals surface area contributed by atoms with Crippen LogP contribution in [0.25, 0.3) is 5.69 Å². The first-order valence-corrected chi connectivity index (χ1v) is 8.92. The van der Waals surface area contributed by atoms with Gasteiger partial charge >= 0.3 is 0 Å².